The maximum absolute atomic E-state index is 12.2. The molecule has 0 aliphatic heterocycles. The van der Waals surface area contributed by atoms with Gasteiger partial charge in [0.05, 0.1) is 18.0 Å². The van der Waals surface area contributed by atoms with Gasteiger partial charge < -0.3 is 10.1 Å². The zero-order valence-electron chi connectivity index (χ0n) is 12.9. The Morgan fingerprint density at radius 1 is 1.46 bits per heavy atom. The summed E-state index contributed by atoms with van der Waals surface area (Å²) in [4.78, 5) is 11.8. The molecule has 0 saturated carbocycles. The van der Waals surface area contributed by atoms with E-state index in [1.165, 1.54) is 20.4 Å². The molecule has 0 bridgehead atoms. The molecule has 2 rings (SSSR count). The van der Waals surface area contributed by atoms with Crippen LogP contribution in [0.5, 0.6) is 5.75 Å². The van der Waals surface area contributed by atoms with E-state index < -0.39 is 23.9 Å². The van der Waals surface area contributed by atoms with Crippen LogP contribution in [0.4, 0.5) is 13.2 Å². The van der Waals surface area contributed by atoms with Crippen LogP contribution in [-0.4, -0.2) is 45.8 Å². The summed E-state index contributed by atoms with van der Waals surface area (Å²) in [5, 5.41) is 9.18. The first-order valence-corrected chi connectivity index (χ1v) is 7.73. The fraction of sp³-hybridized carbons (Fsp3) is 0.357. The number of methoxy groups -OCH3 is 1. The third kappa shape index (κ3) is 4.88. The van der Waals surface area contributed by atoms with Crippen molar-refractivity contribution in [3.63, 3.8) is 0 Å². The van der Waals surface area contributed by atoms with Crippen LogP contribution in [0.25, 0.3) is 5.69 Å². The highest BCUT2D eigenvalue weighted by atomic mass is 32.2. The van der Waals surface area contributed by atoms with E-state index in [0.29, 0.717) is 16.6 Å². The summed E-state index contributed by atoms with van der Waals surface area (Å²) in [6.45, 7) is 0.139. The number of ether oxygens (including phenoxy) is 1. The molecule has 0 saturated heterocycles. The molecule has 130 valence electrons. The molecule has 1 N–H and O–H groups in total. The third-order valence-corrected chi connectivity index (χ3v) is 4.02. The van der Waals surface area contributed by atoms with Gasteiger partial charge in [-0.15, -0.1) is 10.2 Å². The van der Waals surface area contributed by atoms with Gasteiger partial charge >= 0.3 is 6.18 Å². The lowest BCUT2D eigenvalue weighted by Crippen LogP contribution is -2.38. The minimum atomic E-state index is -4.44. The molecule has 1 heterocycles. The number of nitrogens with zero attached hydrogens (tertiary/aromatic N) is 3. The molecule has 2 aromatic rings. The molecule has 6 nitrogen and oxygen atoms in total. The molecule has 1 amide bonds. The van der Waals surface area contributed by atoms with Gasteiger partial charge in [0.25, 0.3) is 0 Å². The largest absolute Gasteiger partial charge is 0.497 e. The van der Waals surface area contributed by atoms with E-state index in [9.17, 15) is 18.0 Å². The molecule has 0 radical (unpaired) electrons. The number of amides is 1. The van der Waals surface area contributed by atoms with Crippen LogP contribution in [-0.2, 0) is 4.79 Å². The first-order chi connectivity index (χ1) is 11.3. The summed E-state index contributed by atoms with van der Waals surface area (Å²) in [7, 11) is 1.54. The van der Waals surface area contributed by atoms with Gasteiger partial charge in [0.1, 0.15) is 18.6 Å². The lowest BCUT2D eigenvalue weighted by molar-refractivity contribution is -0.137. The number of hydrogen-bond donors (Lipinski definition) is 1. The van der Waals surface area contributed by atoms with Crippen molar-refractivity contribution in [3.05, 3.63) is 30.6 Å². The van der Waals surface area contributed by atoms with Gasteiger partial charge in [-0.1, -0.05) is 17.8 Å². The highest BCUT2D eigenvalue weighted by Gasteiger charge is 2.29. The van der Waals surface area contributed by atoms with E-state index >= 15 is 0 Å². The molecular formula is C14H15F3N4O2S. The Morgan fingerprint density at radius 3 is 2.88 bits per heavy atom. The minimum Gasteiger partial charge on any atom is -0.497 e. The first-order valence-electron chi connectivity index (χ1n) is 6.85. The molecule has 0 aliphatic carbocycles. The van der Waals surface area contributed by atoms with Crippen molar-refractivity contribution >= 4 is 17.7 Å². The number of thioether (sulfide) groups is 1. The van der Waals surface area contributed by atoms with E-state index in [1.54, 1.807) is 28.8 Å². The van der Waals surface area contributed by atoms with Crippen molar-refractivity contribution in [1.82, 2.24) is 20.1 Å². The number of alkyl halides is 3. The number of benzene rings is 1. The van der Waals surface area contributed by atoms with Gasteiger partial charge in [-0.25, -0.2) is 0 Å². The lowest BCUT2D eigenvalue weighted by atomic mass is 10.3. The van der Waals surface area contributed by atoms with E-state index in [0.717, 1.165) is 11.8 Å². The van der Waals surface area contributed by atoms with Crippen LogP contribution in [0.1, 0.15) is 6.92 Å². The number of hydrogen-bond acceptors (Lipinski definition) is 5. The fourth-order valence-corrected chi connectivity index (χ4v) is 2.65. The van der Waals surface area contributed by atoms with Crippen molar-refractivity contribution in [2.75, 3.05) is 13.7 Å². The zero-order valence-corrected chi connectivity index (χ0v) is 13.7. The van der Waals surface area contributed by atoms with Crippen LogP contribution in [0.3, 0.4) is 0 Å². The normalized spacial score (nSPS) is 12.7. The average Bonchev–Trinajstić information content (AvgIpc) is 3.00. The molecule has 1 aromatic heterocycles. The Labute approximate surface area is 140 Å². The number of aromatic nitrogens is 3. The predicted octanol–water partition coefficient (Wildman–Crippen LogP) is 2.44. The number of halogens is 3. The van der Waals surface area contributed by atoms with Crippen LogP contribution in [0, 0.1) is 0 Å². The Morgan fingerprint density at radius 2 is 2.21 bits per heavy atom. The number of carbonyl (C=O) groups excluding carboxylic acids is 1. The monoisotopic (exact) mass is 360 g/mol. The lowest BCUT2D eigenvalue weighted by Gasteiger charge is -2.13. The highest BCUT2D eigenvalue weighted by Crippen LogP contribution is 2.25. The first kappa shape index (κ1) is 18.1. The van der Waals surface area contributed by atoms with Crippen molar-refractivity contribution < 1.29 is 22.7 Å². The Kier molecular flexibility index (Phi) is 5.71. The third-order valence-electron chi connectivity index (χ3n) is 2.96. The van der Waals surface area contributed by atoms with E-state index in [-0.39, 0.29) is 0 Å². The van der Waals surface area contributed by atoms with Crippen molar-refractivity contribution in [1.29, 1.82) is 0 Å². The van der Waals surface area contributed by atoms with Crippen LogP contribution >= 0.6 is 11.8 Å². The second kappa shape index (κ2) is 7.56. The van der Waals surface area contributed by atoms with Crippen LogP contribution in [0.2, 0.25) is 0 Å². The standard InChI is InChI=1S/C14H15F3N4O2S/c1-9(12(22)18-7-14(15,16)17)24-13-20-19-8-21(13)10-4-3-5-11(6-10)23-2/h3-6,8-9H,7H2,1-2H3,(H,18,22)/t9-/m0/s1. The van der Waals surface area contributed by atoms with E-state index in [2.05, 4.69) is 10.2 Å². The highest BCUT2D eigenvalue weighted by molar-refractivity contribution is 8.00. The van der Waals surface area contributed by atoms with Crippen molar-refractivity contribution in [3.8, 4) is 11.4 Å². The molecular weight excluding hydrogens is 345 g/mol. The quantitative estimate of drug-likeness (QED) is 0.802. The van der Waals surface area contributed by atoms with Gasteiger partial charge in [0.2, 0.25) is 5.91 Å². The smallest absolute Gasteiger partial charge is 0.405 e. The van der Waals surface area contributed by atoms with Crippen molar-refractivity contribution in [2.45, 2.75) is 23.5 Å². The molecule has 0 fully saturated rings. The molecule has 1 aromatic carbocycles. The summed E-state index contributed by atoms with van der Waals surface area (Å²) in [5.74, 6) is -0.0920. The minimum absolute atomic E-state index is 0.387. The summed E-state index contributed by atoms with van der Waals surface area (Å²) >= 11 is 1.01. The Hall–Kier alpha value is -2.23. The van der Waals surface area contributed by atoms with Gasteiger partial charge in [-0.3, -0.25) is 9.36 Å². The number of rotatable bonds is 6. The molecule has 0 unspecified atom stereocenters. The fourth-order valence-electron chi connectivity index (χ4n) is 1.78. The second-order valence-electron chi connectivity index (χ2n) is 4.78. The molecule has 1 atom stereocenters. The second-order valence-corrected chi connectivity index (χ2v) is 6.09. The van der Waals surface area contributed by atoms with Gasteiger partial charge in [-0.2, -0.15) is 13.2 Å². The van der Waals surface area contributed by atoms with Crippen LogP contribution < -0.4 is 10.1 Å². The molecule has 24 heavy (non-hydrogen) atoms. The van der Waals surface area contributed by atoms with E-state index in [4.69, 9.17) is 4.74 Å². The molecule has 10 heteroatoms. The van der Waals surface area contributed by atoms with Gasteiger partial charge in [-0.05, 0) is 19.1 Å². The Bertz CT molecular complexity index is 705. The summed E-state index contributed by atoms with van der Waals surface area (Å²) < 4.78 is 43.2. The maximum Gasteiger partial charge on any atom is 0.405 e. The van der Waals surface area contributed by atoms with Gasteiger partial charge in [0.15, 0.2) is 5.16 Å². The van der Waals surface area contributed by atoms with Crippen LogP contribution in [0.15, 0.2) is 35.7 Å². The molecule has 0 spiro atoms. The summed E-state index contributed by atoms with van der Waals surface area (Å²) in [6.07, 6.45) is -2.99. The average molecular weight is 360 g/mol. The number of nitrogens with one attached hydrogen (secondary N) is 1. The Balaban J connectivity index is 2.08. The van der Waals surface area contributed by atoms with Gasteiger partial charge in [0, 0.05) is 6.07 Å². The van der Waals surface area contributed by atoms with Crippen molar-refractivity contribution in [2.24, 2.45) is 0 Å². The topological polar surface area (TPSA) is 69.0 Å². The SMILES string of the molecule is COc1cccc(-n2cnnc2S[C@@H](C)C(=O)NCC(F)(F)F)c1. The predicted molar refractivity (Wildman–Crippen MR) is 82.3 cm³/mol. The maximum atomic E-state index is 12.2. The summed E-state index contributed by atoms with van der Waals surface area (Å²) in [6, 6.07) is 7.10. The zero-order chi connectivity index (χ0) is 17.7. The number of carbonyl (C=O) groups is 1. The van der Waals surface area contributed by atoms with E-state index in [1.807, 2.05) is 5.32 Å². The summed E-state index contributed by atoms with van der Waals surface area (Å²) in [5.41, 5.74) is 0.713. The molecule has 0 aliphatic rings.